The second kappa shape index (κ2) is 5.57. The number of fused-ring (bicyclic) bond motifs is 2. The van der Waals surface area contributed by atoms with Gasteiger partial charge in [0.25, 0.3) is 0 Å². The number of allylic oxidation sites excluding steroid dienone is 2. The average Bonchev–Trinajstić information content (AvgIpc) is 3.20. The summed E-state index contributed by atoms with van der Waals surface area (Å²) < 4.78 is 4.66. The zero-order chi connectivity index (χ0) is 15.9. The van der Waals surface area contributed by atoms with Crippen molar-refractivity contribution in [3.63, 3.8) is 0 Å². The number of hydrogen-bond donors (Lipinski definition) is 1. The number of hydrogen-bond acceptors (Lipinski definition) is 6. The van der Waals surface area contributed by atoms with Gasteiger partial charge in [0.05, 0.1) is 18.7 Å². The lowest BCUT2D eigenvalue weighted by atomic mass is 9.82. The summed E-state index contributed by atoms with van der Waals surface area (Å²) in [5, 5.41) is 15.7. The molecule has 22 heavy (non-hydrogen) atoms. The van der Waals surface area contributed by atoms with Gasteiger partial charge in [0.1, 0.15) is 4.88 Å². The Labute approximate surface area is 130 Å². The summed E-state index contributed by atoms with van der Waals surface area (Å²) in [4.78, 5) is 35.7. The number of carbonyl (C=O) groups excluding carboxylic acids is 3. The van der Waals surface area contributed by atoms with Crippen LogP contribution in [0.15, 0.2) is 23.6 Å². The van der Waals surface area contributed by atoms with Gasteiger partial charge in [-0.25, -0.2) is 4.79 Å². The van der Waals surface area contributed by atoms with E-state index in [4.69, 9.17) is 0 Å². The van der Waals surface area contributed by atoms with Gasteiger partial charge >= 0.3 is 5.97 Å². The first-order valence-corrected chi connectivity index (χ1v) is 7.76. The van der Waals surface area contributed by atoms with E-state index < -0.39 is 29.7 Å². The number of aliphatic carboxylic acids is 1. The number of carboxylic acids is 1. The van der Waals surface area contributed by atoms with E-state index in [-0.39, 0.29) is 11.8 Å². The highest BCUT2D eigenvalue weighted by atomic mass is 32.1. The van der Waals surface area contributed by atoms with E-state index in [9.17, 15) is 19.5 Å². The van der Waals surface area contributed by atoms with Crippen LogP contribution in [-0.4, -0.2) is 25.0 Å². The fourth-order valence-electron chi connectivity index (χ4n) is 3.38. The van der Waals surface area contributed by atoms with Gasteiger partial charge < -0.3 is 20.0 Å². The molecule has 0 unspecified atom stereocenters. The number of thiophene rings is 1. The molecule has 1 aromatic rings. The summed E-state index contributed by atoms with van der Waals surface area (Å²) in [5.74, 6) is -3.83. The molecule has 0 saturated heterocycles. The van der Waals surface area contributed by atoms with E-state index >= 15 is 0 Å². The number of rotatable bonds is 4. The molecule has 7 heteroatoms. The largest absolute Gasteiger partial charge is 0.550 e. The fraction of sp³-hybridized carbons (Fsp3) is 0.400. The van der Waals surface area contributed by atoms with Crippen LogP contribution in [0.5, 0.6) is 0 Å². The van der Waals surface area contributed by atoms with Crippen molar-refractivity contribution in [1.82, 2.24) is 0 Å². The van der Waals surface area contributed by atoms with Crippen LogP contribution in [0.25, 0.3) is 0 Å². The van der Waals surface area contributed by atoms with E-state index in [0.717, 1.165) is 11.3 Å². The third-order valence-electron chi connectivity index (χ3n) is 4.33. The molecule has 1 amide bonds. The predicted molar refractivity (Wildman–Crippen MR) is 77.0 cm³/mol. The molecule has 2 bridgehead atoms. The monoisotopic (exact) mass is 320 g/mol. The van der Waals surface area contributed by atoms with Crippen molar-refractivity contribution in [2.75, 3.05) is 12.4 Å². The lowest BCUT2D eigenvalue weighted by Gasteiger charge is -2.27. The Kier molecular flexibility index (Phi) is 3.74. The SMILES string of the molecule is COC(=O)c1sccc1NC(=O)[C@H]1[C@H](C(=O)[O-])[C@H]2C=C[C@@H]1C2. The molecule has 0 spiro atoms. The Morgan fingerprint density at radius 3 is 2.59 bits per heavy atom. The molecule has 1 heterocycles. The molecule has 4 atom stereocenters. The van der Waals surface area contributed by atoms with E-state index in [1.165, 1.54) is 7.11 Å². The summed E-state index contributed by atoms with van der Waals surface area (Å²) in [6.07, 6.45) is 4.40. The van der Waals surface area contributed by atoms with E-state index in [2.05, 4.69) is 10.1 Å². The second-order valence-corrected chi connectivity index (χ2v) is 6.38. The topological polar surface area (TPSA) is 95.5 Å². The minimum absolute atomic E-state index is 0.0897. The molecule has 0 aromatic carbocycles. The molecular weight excluding hydrogens is 306 g/mol. The predicted octanol–water partition coefficient (Wildman–Crippen LogP) is 0.661. The van der Waals surface area contributed by atoms with E-state index in [0.29, 0.717) is 17.0 Å². The van der Waals surface area contributed by atoms with Crippen LogP contribution in [0.2, 0.25) is 0 Å². The molecule has 3 rings (SSSR count). The molecular formula is C15H14NO5S-. The molecule has 0 aliphatic heterocycles. The number of anilines is 1. The van der Waals surface area contributed by atoms with Gasteiger partial charge in [0, 0.05) is 11.9 Å². The smallest absolute Gasteiger partial charge is 0.350 e. The Morgan fingerprint density at radius 2 is 1.95 bits per heavy atom. The van der Waals surface area contributed by atoms with Crippen molar-refractivity contribution in [3.8, 4) is 0 Å². The molecule has 1 N–H and O–H groups in total. The van der Waals surface area contributed by atoms with Crippen molar-refractivity contribution < 1.29 is 24.2 Å². The summed E-state index contributed by atoms with van der Waals surface area (Å²) in [6, 6.07) is 1.60. The third-order valence-corrected chi connectivity index (χ3v) is 5.22. The van der Waals surface area contributed by atoms with Gasteiger partial charge in [0.2, 0.25) is 5.91 Å². The highest BCUT2D eigenvalue weighted by Gasteiger charge is 2.48. The first-order chi connectivity index (χ1) is 10.5. The van der Waals surface area contributed by atoms with Crippen molar-refractivity contribution in [2.24, 2.45) is 23.7 Å². The van der Waals surface area contributed by atoms with Crippen molar-refractivity contribution >= 4 is 34.9 Å². The number of amides is 1. The first kappa shape index (κ1) is 14.8. The number of carboxylic acid groups (broad SMARTS) is 1. The van der Waals surface area contributed by atoms with Crippen molar-refractivity contribution in [1.29, 1.82) is 0 Å². The zero-order valence-corrected chi connectivity index (χ0v) is 12.6. The lowest BCUT2D eigenvalue weighted by molar-refractivity contribution is -0.313. The first-order valence-electron chi connectivity index (χ1n) is 6.88. The third kappa shape index (κ3) is 2.31. The normalized spacial score (nSPS) is 28.6. The van der Waals surface area contributed by atoms with Crippen LogP contribution in [-0.2, 0) is 14.3 Å². The summed E-state index contributed by atoms with van der Waals surface area (Å²) >= 11 is 1.16. The van der Waals surface area contributed by atoms with Crippen LogP contribution >= 0.6 is 11.3 Å². The Bertz CT molecular complexity index is 665. The fourth-order valence-corrected chi connectivity index (χ4v) is 4.14. The Morgan fingerprint density at radius 1 is 1.27 bits per heavy atom. The van der Waals surface area contributed by atoms with Crippen LogP contribution in [0.1, 0.15) is 16.1 Å². The average molecular weight is 320 g/mol. The summed E-state index contributed by atoms with van der Waals surface area (Å²) in [7, 11) is 1.26. The van der Waals surface area contributed by atoms with Gasteiger partial charge in [-0.15, -0.1) is 11.3 Å². The summed E-state index contributed by atoms with van der Waals surface area (Å²) in [6.45, 7) is 0. The van der Waals surface area contributed by atoms with Gasteiger partial charge in [0.15, 0.2) is 0 Å². The molecule has 116 valence electrons. The Balaban J connectivity index is 1.80. The maximum atomic E-state index is 12.5. The van der Waals surface area contributed by atoms with Gasteiger partial charge in [-0.3, -0.25) is 4.79 Å². The molecule has 0 radical (unpaired) electrons. The standard InChI is InChI=1S/C15H15NO5S/c1-21-15(20)12-9(4-5-22-12)16-13(17)10-7-2-3-8(6-7)11(10)14(18)19/h2-5,7-8,10-11H,6H2,1H3,(H,16,17)(H,18,19)/p-1/t7-,8+,10-,11-/m1/s1. The van der Waals surface area contributed by atoms with Crippen LogP contribution in [0.4, 0.5) is 5.69 Å². The Hall–Kier alpha value is -2.15. The molecule has 1 fully saturated rings. The number of esters is 1. The van der Waals surface area contributed by atoms with Gasteiger partial charge in [-0.05, 0) is 29.7 Å². The van der Waals surface area contributed by atoms with E-state index in [1.54, 1.807) is 11.4 Å². The minimum atomic E-state index is -1.20. The molecule has 6 nitrogen and oxygen atoms in total. The highest BCUT2D eigenvalue weighted by Crippen LogP contribution is 2.48. The van der Waals surface area contributed by atoms with Crippen LogP contribution in [0, 0.1) is 23.7 Å². The molecule has 2 aliphatic carbocycles. The quantitative estimate of drug-likeness (QED) is 0.649. The second-order valence-electron chi connectivity index (χ2n) is 5.46. The lowest BCUT2D eigenvalue weighted by Crippen LogP contribution is -2.42. The van der Waals surface area contributed by atoms with Gasteiger partial charge in [-0.2, -0.15) is 0 Å². The molecule has 1 saturated carbocycles. The highest BCUT2D eigenvalue weighted by molar-refractivity contribution is 7.12. The maximum absolute atomic E-state index is 12.5. The maximum Gasteiger partial charge on any atom is 0.350 e. The van der Waals surface area contributed by atoms with Gasteiger partial charge in [-0.1, -0.05) is 12.2 Å². The zero-order valence-electron chi connectivity index (χ0n) is 11.8. The summed E-state index contributed by atoms with van der Waals surface area (Å²) in [5.41, 5.74) is 0.353. The molecule has 1 aromatic heterocycles. The number of nitrogens with one attached hydrogen (secondary N) is 1. The van der Waals surface area contributed by atoms with Crippen LogP contribution < -0.4 is 10.4 Å². The molecule has 2 aliphatic rings. The number of methoxy groups -OCH3 is 1. The van der Waals surface area contributed by atoms with E-state index in [1.807, 2.05) is 12.2 Å². The number of carbonyl (C=O) groups is 3. The minimum Gasteiger partial charge on any atom is -0.550 e. The van der Waals surface area contributed by atoms with Crippen molar-refractivity contribution in [2.45, 2.75) is 6.42 Å². The van der Waals surface area contributed by atoms with Crippen molar-refractivity contribution in [3.05, 3.63) is 28.5 Å². The number of ether oxygens (including phenoxy) is 1. The van der Waals surface area contributed by atoms with Crippen LogP contribution in [0.3, 0.4) is 0 Å².